The van der Waals surface area contributed by atoms with Crippen molar-refractivity contribution in [3.63, 3.8) is 0 Å². The van der Waals surface area contributed by atoms with Crippen LogP contribution in [-0.4, -0.2) is 11.2 Å². The topological polar surface area (TPSA) is 44.0 Å². The summed E-state index contributed by atoms with van der Waals surface area (Å²) in [6.07, 6.45) is 2.79. The van der Waals surface area contributed by atoms with Crippen molar-refractivity contribution in [1.29, 1.82) is 5.26 Å². The maximum atomic E-state index is 9.32. The number of rotatable bonds is 0. The van der Waals surface area contributed by atoms with Gasteiger partial charge in [0.05, 0.1) is 12.2 Å². The normalized spacial score (nSPS) is 28.9. The molecule has 0 amide bonds. The first-order valence-electron chi connectivity index (χ1n) is 3.82. The number of hydrogen-bond donors (Lipinski definition) is 1. The summed E-state index contributed by atoms with van der Waals surface area (Å²) in [6.45, 7) is 4.14. The SMILES string of the molecule is CC1(C)CC(C#N)=CC(O)C1. The van der Waals surface area contributed by atoms with Crippen LogP contribution in [0.15, 0.2) is 11.6 Å². The second-order valence-electron chi connectivity index (χ2n) is 3.92. The van der Waals surface area contributed by atoms with E-state index in [1.807, 2.05) is 0 Å². The van der Waals surface area contributed by atoms with Crippen molar-refractivity contribution in [1.82, 2.24) is 0 Å². The van der Waals surface area contributed by atoms with E-state index in [9.17, 15) is 5.11 Å². The molecule has 0 heterocycles. The third-order valence-electron chi connectivity index (χ3n) is 1.97. The molecule has 0 aliphatic heterocycles. The number of nitrogens with zero attached hydrogens (tertiary/aromatic N) is 1. The highest BCUT2D eigenvalue weighted by Crippen LogP contribution is 2.34. The molecule has 0 saturated heterocycles. The molecule has 11 heavy (non-hydrogen) atoms. The molecule has 60 valence electrons. The molecule has 1 aliphatic rings. The third-order valence-corrected chi connectivity index (χ3v) is 1.97. The second-order valence-corrected chi connectivity index (χ2v) is 3.92. The van der Waals surface area contributed by atoms with Crippen LogP contribution in [-0.2, 0) is 0 Å². The molecule has 2 nitrogen and oxygen atoms in total. The van der Waals surface area contributed by atoms with E-state index in [0.29, 0.717) is 5.57 Å². The summed E-state index contributed by atoms with van der Waals surface area (Å²) < 4.78 is 0. The van der Waals surface area contributed by atoms with Crippen LogP contribution in [0.2, 0.25) is 0 Å². The minimum absolute atomic E-state index is 0.0826. The molecule has 0 saturated carbocycles. The van der Waals surface area contributed by atoms with E-state index >= 15 is 0 Å². The maximum Gasteiger partial charge on any atom is 0.0944 e. The lowest BCUT2D eigenvalue weighted by atomic mass is 9.76. The Kier molecular flexibility index (Phi) is 2.01. The van der Waals surface area contributed by atoms with Crippen LogP contribution in [0.3, 0.4) is 0 Å². The molecule has 0 radical (unpaired) electrons. The van der Waals surface area contributed by atoms with Gasteiger partial charge in [-0.15, -0.1) is 0 Å². The smallest absolute Gasteiger partial charge is 0.0944 e. The van der Waals surface area contributed by atoms with Crippen LogP contribution in [0, 0.1) is 16.7 Å². The minimum atomic E-state index is -0.423. The lowest BCUT2D eigenvalue weighted by molar-refractivity contribution is 0.140. The van der Waals surface area contributed by atoms with E-state index in [-0.39, 0.29) is 5.41 Å². The molecule has 1 N–H and O–H groups in total. The average molecular weight is 151 g/mol. The summed E-state index contributed by atoms with van der Waals surface area (Å²) in [4.78, 5) is 0. The van der Waals surface area contributed by atoms with Gasteiger partial charge in [-0.2, -0.15) is 5.26 Å². The molecule has 0 aromatic heterocycles. The van der Waals surface area contributed by atoms with Crippen LogP contribution >= 0.6 is 0 Å². The molecular weight excluding hydrogens is 138 g/mol. The first kappa shape index (κ1) is 8.29. The van der Waals surface area contributed by atoms with E-state index in [1.165, 1.54) is 0 Å². The zero-order valence-electron chi connectivity index (χ0n) is 6.96. The van der Waals surface area contributed by atoms with Gasteiger partial charge < -0.3 is 5.11 Å². The van der Waals surface area contributed by atoms with Gasteiger partial charge in [0.2, 0.25) is 0 Å². The van der Waals surface area contributed by atoms with Crippen LogP contribution < -0.4 is 0 Å². The average Bonchev–Trinajstić information content (AvgIpc) is 1.83. The van der Waals surface area contributed by atoms with Crippen molar-refractivity contribution in [2.75, 3.05) is 0 Å². The number of aliphatic hydroxyl groups is 1. The van der Waals surface area contributed by atoms with Gasteiger partial charge in [0.15, 0.2) is 0 Å². The molecule has 0 aromatic carbocycles. The van der Waals surface area contributed by atoms with E-state index in [0.717, 1.165) is 12.8 Å². The van der Waals surface area contributed by atoms with Crippen molar-refractivity contribution in [2.45, 2.75) is 32.8 Å². The summed E-state index contributed by atoms with van der Waals surface area (Å²) in [7, 11) is 0. The van der Waals surface area contributed by atoms with Gasteiger partial charge in [-0.3, -0.25) is 0 Å². The number of nitriles is 1. The van der Waals surface area contributed by atoms with Gasteiger partial charge in [0, 0.05) is 5.57 Å². The Bertz CT molecular complexity index is 222. The van der Waals surface area contributed by atoms with Crippen LogP contribution in [0.25, 0.3) is 0 Å². The Morgan fingerprint density at radius 3 is 2.82 bits per heavy atom. The molecule has 2 heteroatoms. The van der Waals surface area contributed by atoms with E-state index in [2.05, 4.69) is 19.9 Å². The fraction of sp³-hybridized carbons (Fsp3) is 0.667. The third kappa shape index (κ3) is 2.06. The molecule has 0 bridgehead atoms. The van der Waals surface area contributed by atoms with Gasteiger partial charge in [-0.05, 0) is 24.3 Å². The summed E-state index contributed by atoms with van der Waals surface area (Å²) in [6, 6.07) is 2.09. The summed E-state index contributed by atoms with van der Waals surface area (Å²) in [5.41, 5.74) is 0.799. The molecule has 1 unspecified atom stereocenters. The monoisotopic (exact) mass is 151 g/mol. The summed E-state index contributed by atoms with van der Waals surface area (Å²) in [5.74, 6) is 0. The lowest BCUT2D eigenvalue weighted by Gasteiger charge is -2.30. The number of hydrogen-bond acceptors (Lipinski definition) is 2. The van der Waals surface area contributed by atoms with Crippen molar-refractivity contribution in [3.8, 4) is 6.07 Å². The van der Waals surface area contributed by atoms with Crippen molar-refractivity contribution >= 4 is 0 Å². The number of aliphatic hydroxyl groups excluding tert-OH is 1. The van der Waals surface area contributed by atoms with Gasteiger partial charge in [-0.25, -0.2) is 0 Å². The fourth-order valence-corrected chi connectivity index (χ4v) is 1.58. The summed E-state index contributed by atoms with van der Waals surface area (Å²) >= 11 is 0. The fourth-order valence-electron chi connectivity index (χ4n) is 1.58. The molecule has 0 spiro atoms. The quantitative estimate of drug-likeness (QED) is 0.571. The molecule has 0 aromatic rings. The predicted molar refractivity (Wildman–Crippen MR) is 42.7 cm³/mol. The summed E-state index contributed by atoms with van der Waals surface area (Å²) in [5, 5.41) is 17.9. The van der Waals surface area contributed by atoms with Crippen LogP contribution in [0.4, 0.5) is 0 Å². The first-order valence-corrected chi connectivity index (χ1v) is 3.82. The Hall–Kier alpha value is -0.810. The minimum Gasteiger partial charge on any atom is -0.389 e. The highest BCUT2D eigenvalue weighted by Gasteiger charge is 2.27. The van der Waals surface area contributed by atoms with Gasteiger partial charge in [0.1, 0.15) is 0 Å². The standard InChI is InChI=1S/C9H13NO/c1-9(2)4-7(6-10)3-8(11)5-9/h3,8,11H,4-5H2,1-2H3. The first-order chi connectivity index (χ1) is 5.03. The second kappa shape index (κ2) is 2.67. The Balaban J connectivity index is 2.80. The molecule has 1 rings (SSSR count). The molecular formula is C9H13NO. The molecule has 1 aliphatic carbocycles. The van der Waals surface area contributed by atoms with E-state index in [1.54, 1.807) is 6.08 Å². The zero-order chi connectivity index (χ0) is 8.48. The van der Waals surface area contributed by atoms with Crippen LogP contribution in [0.1, 0.15) is 26.7 Å². The molecule has 0 fully saturated rings. The maximum absolute atomic E-state index is 9.32. The highest BCUT2D eigenvalue weighted by molar-refractivity contribution is 5.26. The van der Waals surface area contributed by atoms with Crippen molar-refractivity contribution in [2.24, 2.45) is 5.41 Å². The van der Waals surface area contributed by atoms with E-state index < -0.39 is 6.10 Å². The largest absolute Gasteiger partial charge is 0.389 e. The molecule has 1 atom stereocenters. The Labute approximate surface area is 67.2 Å². The lowest BCUT2D eigenvalue weighted by Crippen LogP contribution is -2.24. The van der Waals surface area contributed by atoms with Crippen molar-refractivity contribution < 1.29 is 5.11 Å². The van der Waals surface area contributed by atoms with Gasteiger partial charge in [-0.1, -0.05) is 13.8 Å². The number of allylic oxidation sites excluding steroid dienone is 1. The Morgan fingerprint density at radius 2 is 2.36 bits per heavy atom. The van der Waals surface area contributed by atoms with Gasteiger partial charge in [0.25, 0.3) is 0 Å². The van der Waals surface area contributed by atoms with E-state index in [4.69, 9.17) is 5.26 Å². The van der Waals surface area contributed by atoms with Crippen LogP contribution in [0.5, 0.6) is 0 Å². The zero-order valence-corrected chi connectivity index (χ0v) is 6.96. The van der Waals surface area contributed by atoms with Crippen molar-refractivity contribution in [3.05, 3.63) is 11.6 Å². The Morgan fingerprint density at radius 1 is 1.73 bits per heavy atom. The predicted octanol–water partition coefficient (Wildman–Crippen LogP) is 1.62. The highest BCUT2D eigenvalue weighted by atomic mass is 16.3. The van der Waals surface area contributed by atoms with Gasteiger partial charge >= 0.3 is 0 Å².